The van der Waals surface area contributed by atoms with Crippen LogP contribution in [0.3, 0.4) is 0 Å². The van der Waals surface area contributed by atoms with Gasteiger partial charge in [-0.05, 0) is 13.3 Å². The van der Waals surface area contributed by atoms with E-state index in [4.69, 9.17) is 25.3 Å². The Morgan fingerprint density at radius 3 is 2.80 bits per heavy atom. The molecule has 86 valence electrons. The van der Waals surface area contributed by atoms with Gasteiger partial charge in [0.1, 0.15) is 6.10 Å². The van der Waals surface area contributed by atoms with Crippen molar-refractivity contribution in [2.24, 2.45) is 11.7 Å². The topological polar surface area (TPSA) is 102 Å². The van der Waals surface area contributed by atoms with Crippen molar-refractivity contribution in [3.05, 3.63) is 0 Å². The van der Waals surface area contributed by atoms with E-state index in [0.717, 1.165) is 0 Å². The summed E-state index contributed by atoms with van der Waals surface area (Å²) < 4.78 is 10.0. The molecule has 0 aliphatic carbocycles. The van der Waals surface area contributed by atoms with Gasteiger partial charge in [-0.1, -0.05) is 0 Å². The largest absolute Gasteiger partial charge is 0.473 e. The first-order valence-electron chi connectivity index (χ1n) is 4.92. The summed E-state index contributed by atoms with van der Waals surface area (Å²) in [6, 6.07) is 0. The molecule has 1 aliphatic heterocycles. The Labute approximate surface area is 88.5 Å². The molecule has 1 saturated heterocycles. The Morgan fingerprint density at radius 2 is 2.33 bits per heavy atom. The molecule has 6 nitrogen and oxygen atoms in total. The van der Waals surface area contributed by atoms with Crippen LogP contribution in [0.4, 0.5) is 0 Å². The van der Waals surface area contributed by atoms with Crippen molar-refractivity contribution in [1.82, 2.24) is 0 Å². The van der Waals surface area contributed by atoms with Crippen LogP contribution in [0.2, 0.25) is 0 Å². The normalized spacial score (nSPS) is 24.7. The summed E-state index contributed by atoms with van der Waals surface area (Å²) in [7, 11) is -1.69. The molecule has 1 rings (SSSR count). The molecule has 0 aromatic carbocycles. The lowest BCUT2D eigenvalue weighted by Crippen LogP contribution is -2.49. The molecule has 1 fully saturated rings. The monoisotopic (exact) mass is 217 g/mol. The molecule has 0 radical (unpaired) electrons. The van der Waals surface area contributed by atoms with Crippen molar-refractivity contribution in [1.29, 1.82) is 0 Å². The van der Waals surface area contributed by atoms with Crippen LogP contribution in [0, 0.1) is 5.92 Å². The average Bonchev–Trinajstić information content (AvgIpc) is 2.68. The number of carbonyl (C=O) groups is 1. The van der Waals surface area contributed by atoms with Crippen molar-refractivity contribution in [3.63, 3.8) is 0 Å². The molecule has 0 spiro atoms. The maximum absolute atomic E-state index is 11.5. The van der Waals surface area contributed by atoms with Crippen LogP contribution in [0.5, 0.6) is 0 Å². The number of hydrogen-bond donors (Lipinski definition) is 3. The zero-order valence-corrected chi connectivity index (χ0v) is 8.63. The van der Waals surface area contributed by atoms with E-state index in [9.17, 15) is 4.79 Å². The zero-order chi connectivity index (χ0) is 11.4. The molecule has 7 heteroatoms. The molecule has 0 aromatic rings. The van der Waals surface area contributed by atoms with Crippen LogP contribution in [0.15, 0.2) is 0 Å². The lowest BCUT2D eigenvalue weighted by Gasteiger charge is -2.20. The average molecular weight is 217 g/mol. The number of esters is 1. The van der Waals surface area contributed by atoms with Gasteiger partial charge in [-0.3, -0.25) is 4.79 Å². The van der Waals surface area contributed by atoms with E-state index in [-0.39, 0.29) is 5.92 Å². The summed E-state index contributed by atoms with van der Waals surface area (Å²) in [6.45, 7) is 2.45. The lowest BCUT2D eigenvalue weighted by molar-refractivity contribution is -0.153. The molecular weight excluding hydrogens is 201 g/mol. The summed E-state index contributed by atoms with van der Waals surface area (Å²) in [6.07, 6.45) is -0.0826. The van der Waals surface area contributed by atoms with E-state index in [1.165, 1.54) is 6.92 Å². The highest BCUT2D eigenvalue weighted by molar-refractivity contribution is 6.43. The molecule has 3 atom stereocenters. The fraction of sp³-hybridized carbons (Fsp3) is 0.875. The van der Waals surface area contributed by atoms with E-state index < -0.39 is 25.1 Å². The third-order valence-corrected chi connectivity index (χ3v) is 2.45. The van der Waals surface area contributed by atoms with E-state index in [1.807, 2.05) is 0 Å². The molecule has 0 bridgehead atoms. The van der Waals surface area contributed by atoms with Crippen LogP contribution in [-0.4, -0.2) is 48.4 Å². The van der Waals surface area contributed by atoms with Gasteiger partial charge in [0.2, 0.25) is 0 Å². The second-order valence-electron chi connectivity index (χ2n) is 3.69. The number of hydrogen-bond acceptors (Lipinski definition) is 6. The summed E-state index contributed by atoms with van der Waals surface area (Å²) >= 11 is 0. The van der Waals surface area contributed by atoms with Gasteiger partial charge in [0.05, 0.1) is 18.5 Å². The Morgan fingerprint density at radius 1 is 1.67 bits per heavy atom. The van der Waals surface area contributed by atoms with Crippen LogP contribution in [0.25, 0.3) is 0 Å². The van der Waals surface area contributed by atoms with Gasteiger partial charge in [-0.15, -0.1) is 0 Å². The Hall–Kier alpha value is -0.625. The fourth-order valence-corrected chi connectivity index (χ4v) is 1.32. The van der Waals surface area contributed by atoms with Crippen molar-refractivity contribution in [2.75, 3.05) is 13.2 Å². The van der Waals surface area contributed by atoms with Crippen LogP contribution < -0.4 is 5.73 Å². The third kappa shape index (κ3) is 3.46. The van der Waals surface area contributed by atoms with Gasteiger partial charge >= 0.3 is 13.1 Å². The molecule has 1 aliphatic rings. The van der Waals surface area contributed by atoms with Crippen molar-refractivity contribution in [2.45, 2.75) is 25.4 Å². The van der Waals surface area contributed by atoms with Crippen LogP contribution in [0.1, 0.15) is 13.3 Å². The highest BCUT2D eigenvalue weighted by Crippen LogP contribution is 2.15. The zero-order valence-electron chi connectivity index (χ0n) is 8.63. The molecular formula is C8H16BNO5. The molecule has 1 heterocycles. The van der Waals surface area contributed by atoms with E-state index in [2.05, 4.69) is 0 Å². The second-order valence-corrected chi connectivity index (χ2v) is 3.69. The number of ether oxygens (including phenoxy) is 2. The Bertz CT molecular complexity index is 219. The highest BCUT2D eigenvalue weighted by Gasteiger charge is 2.31. The minimum Gasteiger partial charge on any atom is -0.461 e. The molecule has 0 aromatic heterocycles. The lowest BCUT2D eigenvalue weighted by atomic mass is 9.77. The molecule has 15 heavy (non-hydrogen) atoms. The molecule has 4 N–H and O–H groups in total. The second kappa shape index (κ2) is 5.46. The number of rotatable bonds is 4. The van der Waals surface area contributed by atoms with Gasteiger partial charge < -0.3 is 25.3 Å². The van der Waals surface area contributed by atoms with Crippen LogP contribution >= 0.6 is 0 Å². The highest BCUT2D eigenvalue weighted by atomic mass is 16.6. The van der Waals surface area contributed by atoms with E-state index in [1.54, 1.807) is 0 Å². The molecule has 1 unspecified atom stereocenters. The summed E-state index contributed by atoms with van der Waals surface area (Å²) in [5, 5.41) is 17.6. The Kier molecular flexibility index (Phi) is 4.53. The van der Waals surface area contributed by atoms with E-state index in [0.29, 0.717) is 19.6 Å². The number of nitrogens with two attached hydrogens (primary N) is 1. The quantitative estimate of drug-likeness (QED) is 0.383. The minimum absolute atomic E-state index is 0.254. The Balaban J connectivity index is 2.36. The van der Waals surface area contributed by atoms with Gasteiger partial charge in [-0.25, -0.2) is 0 Å². The number of carbonyl (C=O) groups excluding carboxylic acids is 1. The standard InChI is InChI=1S/C8H16BNO5/c1-5(7(10)9(12)13)15-8(11)6-2-3-14-4-6/h5-7,12-13H,2-4,10H2,1H3/t5-,6?,7+/m0/s1. The molecule has 0 amide bonds. The van der Waals surface area contributed by atoms with Gasteiger partial charge in [0, 0.05) is 6.61 Å². The first-order valence-corrected chi connectivity index (χ1v) is 4.92. The van der Waals surface area contributed by atoms with Gasteiger partial charge in [0.25, 0.3) is 0 Å². The third-order valence-electron chi connectivity index (χ3n) is 2.45. The predicted molar refractivity (Wildman–Crippen MR) is 52.6 cm³/mol. The van der Waals surface area contributed by atoms with Crippen LogP contribution in [-0.2, 0) is 14.3 Å². The predicted octanol–water partition coefficient (Wildman–Crippen LogP) is -1.71. The first kappa shape index (κ1) is 12.4. The maximum Gasteiger partial charge on any atom is 0.473 e. The van der Waals surface area contributed by atoms with E-state index >= 15 is 0 Å². The summed E-state index contributed by atoms with van der Waals surface area (Å²) in [5.74, 6) is -1.64. The van der Waals surface area contributed by atoms with Crippen molar-refractivity contribution >= 4 is 13.1 Å². The van der Waals surface area contributed by atoms with Gasteiger partial charge in [-0.2, -0.15) is 0 Å². The SMILES string of the molecule is C[C@H](OC(=O)C1CCOC1)[C@@H](N)B(O)O. The summed E-state index contributed by atoms with van der Waals surface area (Å²) in [5.41, 5.74) is 5.40. The fourth-order valence-electron chi connectivity index (χ4n) is 1.32. The van der Waals surface area contributed by atoms with Gasteiger partial charge in [0.15, 0.2) is 0 Å². The smallest absolute Gasteiger partial charge is 0.461 e. The first-order chi connectivity index (χ1) is 7.02. The van der Waals surface area contributed by atoms with Crippen molar-refractivity contribution < 1.29 is 24.3 Å². The summed E-state index contributed by atoms with van der Waals surface area (Å²) in [4.78, 5) is 11.5. The minimum atomic E-state index is -1.69. The maximum atomic E-state index is 11.5. The van der Waals surface area contributed by atoms with Crippen molar-refractivity contribution in [3.8, 4) is 0 Å². The molecule has 0 saturated carbocycles.